The Kier molecular flexibility index (Phi) is 3.87. The molecule has 6 heteroatoms. The maximum atomic E-state index is 13.5. The largest absolute Gasteiger partial charge is 0.482 e. The monoisotopic (exact) mass is 296 g/mol. The number of hydrogen-bond acceptors (Lipinski definition) is 4. The van der Waals surface area contributed by atoms with Crippen LogP contribution in [0, 0.1) is 5.95 Å². The lowest BCUT2D eigenvalue weighted by molar-refractivity contribution is 0.270. The van der Waals surface area contributed by atoms with Gasteiger partial charge < -0.3 is 9.26 Å². The molecule has 0 aromatic carbocycles. The number of nitrogens with zero attached hydrogens (tertiary/aromatic N) is 2. The van der Waals surface area contributed by atoms with Gasteiger partial charge in [-0.1, -0.05) is 23.2 Å². The Morgan fingerprint density at radius 3 is 2.95 bits per heavy atom. The number of halogens is 2. The van der Waals surface area contributed by atoms with E-state index in [1.165, 1.54) is 18.6 Å². The van der Waals surface area contributed by atoms with Gasteiger partial charge in [0.2, 0.25) is 0 Å². The molecule has 0 N–H and O–H groups in total. The number of fused-ring (bicyclic) bond motifs is 1. The molecule has 106 valence electrons. The molecule has 0 saturated carbocycles. The number of pyridine rings is 1. The average molecular weight is 297 g/mol. The summed E-state index contributed by atoms with van der Waals surface area (Å²) < 4.78 is 24.3. The van der Waals surface area contributed by atoms with Crippen LogP contribution in [0.5, 0.6) is 5.75 Å². The Balaban J connectivity index is 1.74. The molecule has 0 radical (unpaired) electrons. The lowest BCUT2D eigenvalue weighted by Gasteiger charge is -2.06. The van der Waals surface area contributed by atoms with E-state index in [0.717, 1.165) is 42.7 Å². The highest BCUT2D eigenvalue weighted by Crippen LogP contribution is 2.25. The maximum absolute atomic E-state index is 13.5. The smallest absolute Gasteiger partial charge is 0.256 e. The van der Waals surface area contributed by atoms with Gasteiger partial charge in [0.15, 0.2) is 5.75 Å². The number of ether oxygens (including phenoxy) is 1. The predicted octanol–water partition coefficient (Wildman–Crippen LogP) is 3.71. The van der Waals surface area contributed by atoms with Crippen molar-refractivity contribution >= 4 is 11.6 Å². The van der Waals surface area contributed by atoms with Crippen LogP contribution in [-0.2, 0) is 19.4 Å². The van der Waals surface area contributed by atoms with Crippen molar-refractivity contribution in [2.24, 2.45) is 0 Å². The summed E-state index contributed by atoms with van der Waals surface area (Å²) in [5.41, 5.74) is 1.86. The van der Waals surface area contributed by atoms with Gasteiger partial charge in [0.1, 0.15) is 23.2 Å². The first-order valence-electron chi connectivity index (χ1n) is 6.65. The highest BCUT2D eigenvalue weighted by molar-refractivity contribution is 6.29. The van der Waals surface area contributed by atoms with Crippen molar-refractivity contribution in [3.8, 4) is 5.75 Å². The molecule has 0 fully saturated rings. The van der Waals surface area contributed by atoms with Crippen LogP contribution in [0.3, 0.4) is 0 Å². The molecule has 0 aliphatic heterocycles. The molecular weight excluding hydrogens is 283 g/mol. The molecule has 1 aliphatic rings. The van der Waals surface area contributed by atoms with Crippen LogP contribution in [0.4, 0.5) is 4.39 Å². The molecule has 4 nitrogen and oxygen atoms in total. The number of aromatic nitrogens is 2. The van der Waals surface area contributed by atoms with Crippen molar-refractivity contribution in [1.29, 1.82) is 0 Å². The van der Waals surface area contributed by atoms with E-state index in [9.17, 15) is 4.39 Å². The van der Waals surface area contributed by atoms with Gasteiger partial charge in [-0.2, -0.15) is 4.39 Å². The molecule has 2 aromatic heterocycles. The topological polar surface area (TPSA) is 48.2 Å². The SMILES string of the molecule is Fc1nc(Cl)ccc1OCc1noc2c1CCCCC2. The summed E-state index contributed by atoms with van der Waals surface area (Å²) in [4.78, 5) is 3.51. The highest BCUT2D eigenvalue weighted by atomic mass is 35.5. The fraction of sp³-hybridized carbons (Fsp3) is 0.429. The Hall–Kier alpha value is -1.62. The minimum Gasteiger partial charge on any atom is -0.482 e. The molecule has 0 unspecified atom stereocenters. The summed E-state index contributed by atoms with van der Waals surface area (Å²) in [5, 5.41) is 4.13. The second-order valence-electron chi connectivity index (χ2n) is 4.80. The third kappa shape index (κ3) is 2.77. The lowest BCUT2D eigenvalue weighted by atomic mass is 10.1. The second kappa shape index (κ2) is 5.79. The van der Waals surface area contributed by atoms with Gasteiger partial charge in [0.05, 0.1) is 0 Å². The molecule has 2 aromatic rings. The Morgan fingerprint density at radius 2 is 2.10 bits per heavy atom. The Morgan fingerprint density at radius 1 is 1.25 bits per heavy atom. The molecule has 0 bridgehead atoms. The second-order valence-corrected chi connectivity index (χ2v) is 5.19. The van der Waals surface area contributed by atoms with Crippen LogP contribution < -0.4 is 4.74 Å². The van der Waals surface area contributed by atoms with Gasteiger partial charge in [-0.15, -0.1) is 0 Å². The predicted molar refractivity (Wildman–Crippen MR) is 71.3 cm³/mol. The first-order valence-corrected chi connectivity index (χ1v) is 7.03. The van der Waals surface area contributed by atoms with E-state index < -0.39 is 5.95 Å². The molecule has 0 amide bonds. The van der Waals surface area contributed by atoms with Crippen LogP contribution in [0.15, 0.2) is 16.7 Å². The zero-order chi connectivity index (χ0) is 13.9. The molecule has 2 heterocycles. The summed E-state index contributed by atoms with van der Waals surface area (Å²) >= 11 is 5.60. The first kappa shape index (κ1) is 13.4. The third-order valence-corrected chi connectivity index (χ3v) is 3.64. The quantitative estimate of drug-likeness (QED) is 0.640. The fourth-order valence-corrected chi connectivity index (χ4v) is 2.53. The van der Waals surface area contributed by atoms with Crippen molar-refractivity contribution < 1.29 is 13.7 Å². The van der Waals surface area contributed by atoms with E-state index in [-0.39, 0.29) is 17.5 Å². The van der Waals surface area contributed by atoms with E-state index in [0.29, 0.717) is 0 Å². The standard InChI is InChI=1S/C14H14ClFN2O2/c15-13-7-6-12(14(16)17-13)19-8-10-9-4-2-1-3-5-11(9)20-18-10/h6-7H,1-5,8H2. The third-order valence-electron chi connectivity index (χ3n) is 3.43. The van der Waals surface area contributed by atoms with Crippen molar-refractivity contribution in [2.75, 3.05) is 0 Å². The number of hydrogen-bond donors (Lipinski definition) is 0. The lowest BCUT2D eigenvalue weighted by Crippen LogP contribution is -2.02. The summed E-state index contributed by atoms with van der Waals surface area (Å²) in [6.07, 6.45) is 5.30. The number of aryl methyl sites for hydroxylation is 1. The van der Waals surface area contributed by atoms with Crippen molar-refractivity contribution in [3.05, 3.63) is 40.3 Å². The molecule has 1 aliphatic carbocycles. The van der Waals surface area contributed by atoms with Crippen molar-refractivity contribution in [2.45, 2.75) is 38.7 Å². The average Bonchev–Trinajstić information content (AvgIpc) is 2.66. The molecule has 0 saturated heterocycles. The molecule has 0 atom stereocenters. The Labute approximate surface area is 120 Å². The van der Waals surface area contributed by atoms with E-state index in [2.05, 4.69) is 10.1 Å². The van der Waals surface area contributed by atoms with Gasteiger partial charge in [-0.05, 0) is 31.4 Å². The van der Waals surface area contributed by atoms with Crippen LogP contribution >= 0.6 is 11.6 Å². The van der Waals surface area contributed by atoms with Crippen molar-refractivity contribution in [3.63, 3.8) is 0 Å². The first-order chi connectivity index (χ1) is 9.74. The van der Waals surface area contributed by atoms with Gasteiger partial charge >= 0.3 is 0 Å². The zero-order valence-corrected chi connectivity index (χ0v) is 11.6. The van der Waals surface area contributed by atoms with Crippen molar-refractivity contribution in [1.82, 2.24) is 10.1 Å². The molecule has 3 rings (SSSR count). The number of rotatable bonds is 3. The van der Waals surface area contributed by atoms with E-state index in [4.69, 9.17) is 20.9 Å². The normalized spacial score (nSPS) is 14.7. The van der Waals surface area contributed by atoms with E-state index >= 15 is 0 Å². The van der Waals surface area contributed by atoms with E-state index in [1.54, 1.807) is 0 Å². The van der Waals surface area contributed by atoms with Crippen LogP contribution in [0.25, 0.3) is 0 Å². The highest BCUT2D eigenvalue weighted by Gasteiger charge is 2.19. The fourth-order valence-electron chi connectivity index (χ4n) is 2.39. The Bertz CT molecular complexity index is 615. The molecular formula is C14H14ClFN2O2. The van der Waals surface area contributed by atoms with Gasteiger partial charge in [0.25, 0.3) is 5.95 Å². The molecule has 0 spiro atoms. The van der Waals surface area contributed by atoms with Gasteiger partial charge in [0, 0.05) is 12.0 Å². The van der Waals surface area contributed by atoms with Crippen LogP contribution in [0.1, 0.15) is 36.3 Å². The summed E-state index contributed by atoms with van der Waals surface area (Å²) in [6, 6.07) is 2.95. The molecule has 20 heavy (non-hydrogen) atoms. The van der Waals surface area contributed by atoms with Crippen LogP contribution in [-0.4, -0.2) is 10.1 Å². The van der Waals surface area contributed by atoms with E-state index in [1.807, 2.05) is 0 Å². The summed E-state index contributed by atoms with van der Waals surface area (Å²) in [5.74, 6) is 0.294. The minimum absolute atomic E-state index is 0.0692. The van der Waals surface area contributed by atoms with Gasteiger partial charge in [-0.3, -0.25) is 0 Å². The summed E-state index contributed by atoms with van der Waals surface area (Å²) in [6.45, 7) is 0.180. The zero-order valence-electron chi connectivity index (χ0n) is 10.9. The summed E-state index contributed by atoms with van der Waals surface area (Å²) in [7, 11) is 0. The maximum Gasteiger partial charge on any atom is 0.256 e. The van der Waals surface area contributed by atoms with Gasteiger partial charge in [-0.25, -0.2) is 4.98 Å². The minimum atomic E-state index is -0.716. The van der Waals surface area contributed by atoms with Crippen LogP contribution in [0.2, 0.25) is 5.15 Å².